The molecule has 0 spiro atoms. The standard InChI is InChI=1S/C5H10N2S/c1-2-3-4-7-8-5-6/h7H,2-4H2,1H3. The molecule has 3 heteroatoms. The van der Waals surface area contributed by atoms with Crippen LogP contribution in [-0.4, -0.2) is 6.54 Å². The highest BCUT2D eigenvalue weighted by Gasteiger charge is 1.81. The Morgan fingerprint density at radius 3 is 3.00 bits per heavy atom. The fraction of sp³-hybridized carbons (Fsp3) is 0.800. The lowest BCUT2D eigenvalue weighted by molar-refractivity contribution is 0.778. The van der Waals surface area contributed by atoms with Crippen molar-refractivity contribution in [2.45, 2.75) is 19.8 Å². The molecular formula is C5H10N2S. The molecule has 0 unspecified atom stereocenters. The number of thiocyanates is 1. The van der Waals surface area contributed by atoms with E-state index in [1.54, 1.807) is 0 Å². The number of hydrogen-bond donors (Lipinski definition) is 1. The van der Waals surface area contributed by atoms with Crippen LogP contribution in [0.2, 0.25) is 0 Å². The van der Waals surface area contributed by atoms with Crippen LogP contribution in [0, 0.1) is 10.7 Å². The zero-order valence-electron chi connectivity index (χ0n) is 4.98. The summed E-state index contributed by atoms with van der Waals surface area (Å²) in [5, 5.41) is 9.95. The van der Waals surface area contributed by atoms with Gasteiger partial charge in [-0.25, -0.2) is 0 Å². The molecule has 8 heavy (non-hydrogen) atoms. The van der Waals surface area contributed by atoms with Gasteiger partial charge in [-0.05, 0) is 6.42 Å². The highest BCUT2D eigenvalue weighted by atomic mass is 32.2. The number of nitrogens with zero attached hydrogens (tertiary/aromatic N) is 1. The molecule has 0 aliphatic heterocycles. The third-order valence-electron chi connectivity index (χ3n) is 0.750. The van der Waals surface area contributed by atoms with Gasteiger partial charge < -0.3 is 0 Å². The van der Waals surface area contributed by atoms with Crippen LogP contribution in [0.15, 0.2) is 0 Å². The largest absolute Gasteiger partial charge is 0.251 e. The maximum absolute atomic E-state index is 8.02. The molecule has 0 aliphatic rings. The fourth-order valence-corrected chi connectivity index (χ4v) is 0.643. The molecule has 0 atom stereocenters. The Morgan fingerprint density at radius 1 is 1.75 bits per heavy atom. The molecule has 0 amide bonds. The summed E-state index contributed by atoms with van der Waals surface area (Å²) < 4.78 is 2.89. The zero-order chi connectivity index (χ0) is 6.24. The minimum Gasteiger partial charge on any atom is -0.251 e. The number of nitrogens with one attached hydrogen (secondary N) is 1. The van der Waals surface area contributed by atoms with E-state index in [2.05, 4.69) is 11.6 Å². The maximum Gasteiger partial charge on any atom is 0.149 e. The lowest BCUT2D eigenvalue weighted by atomic mass is 10.3. The number of unbranched alkanes of at least 4 members (excludes halogenated alkanes) is 1. The summed E-state index contributed by atoms with van der Waals surface area (Å²) in [7, 11) is 0. The number of nitriles is 1. The van der Waals surface area contributed by atoms with Crippen LogP contribution in [0.3, 0.4) is 0 Å². The molecular weight excluding hydrogens is 120 g/mol. The highest BCUT2D eigenvalue weighted by molar-refractivity contribution is 8.01. The van der Waals surface area contributed by atoms with Gasteiger partial charge in [0.05, 0.1) is 0 Å². The molecule has 0 rings (SSSR count). The first-order valence-electron chi connectivity index (χ1n) is 2.69. The van der Waals surface area contributed by atoms with Gasteiger partial charge in [0, 0.05) is 18.5 Å². The van der Waals surface area contributed by atoms with Crippen molar-refractivity contribution in [2.24, 2.45) is 0 Å². The predicted molar refractivity (Wildman–Crippen MR) is 36.1 cm³/mol. The van der Waals surface area contributed by atoms with E-state index in [1.807, 2.05) is 5.40 Å². The molecule has 0 radical (unpaired) electrons. The smallest absolute Gasteiger partial charge is 0.149 e. The van der Waals surface area contributed by atoms with Crippen molar-refractivity contribution in [1.82, 2.24) is 4.72 Å². The monoisotopic (exact) mass is 130 g/mol. The van der Waals surface area contributed by atoms with Crippen LogP contribution in [0.1, 0.15) is 19.8 Å². The molecule has 0 heterocycles. The first-order chi connectivity index (χ1) is 3.91. The summed E-state index contributed by atoms with van der Waals surface area (Å²) in [4.78, 5) is 0. The van der Waals surface area contributed by atoms with Crippen LogP contribution in [0.25, 0.3) is 0 Å². The van der Waals surface area contributed by atoms with E-state index in [-0.39, 0.29) is 0 Å². The molecule has 0 aromatic rings. The van der Waals surface area contributed by atoms with Crippen molar-refractivity contribution in [3.8, 4) is 5.40 Å². The highest BCUT2D eigenvalue weighted by Crippen LogP contribution is 1.89. The summed E-state index contributed by atoms with van der Waals surface area (Å²) >= 11 is 1.10. The maximum atomic E-state index is 8.02. The molecule has 46 valence electrons. The third-order valence-corrected chi connectivity index (χ3v) is 1.19. The Morgan fingerprint density at radius 2 is 2.50 bits per heavy atom. The third kappa shape index (κ3) is 5.80. The summed E-state index contributed by atoms with van der Waals surface area (Å²) in [5.41, 5.74) is 0. The van der Waals surface area contributed by atoms with Crippen molar-refractivity contribution >= 4 is 11.9 Å². The summed E-state index contributed by atoms with van der Waals surface area (Å²) in [6, 6.07) is 0. The van der Waals surface area contributed by atoms with E-state index in [0.717, 1.165) is 24.9 Å². The van der Waals surface area contributed by atoms with E-state index in [0.29, 0.717) is 0 Å². The van der Waals surface area contributed by atoms with Crippen LogP contribution in [0.4, 0.5) is 0 Å². The van der Waals surface area contributed by atoms with Gasteiger partial charge in [-0.2, -0.15) is 5.26 Å². The first kappa shape index (κ1) is 7.80. The molecule has 0 bridgehead atoms. The Balaban J connectivity index is 2.65. The van der Waals surface area contributed by atoms with Crippen LogP contribution in [0.5, 0.6) is 0 Å². The van der Waals surface area contributed by atoms with Gasteiger partial charge in [-0.15, -0.1) is 0 Å². The van der Waals surface area contributed by atoms with Crippen molar-refractivity contribution < 1.29 is 0 Å². The van der Waals surface area contributed by atoms with Crippen molar-refractivity contribution in [2.75, 3.05) is 6.54 Å². The van der Waals surface area contributed by atoms with E-state index >= 15 is 0 Å². The van der Waals surface area contributed by atoms with Crippen molar-refractivity contribution in [3.63, 3.8) is 0 Å². The topological polar surface area (TPSA) is 35.8 Å². The number of rotatable bonds is 4. The van der Waals surface area contributed by atoms with Gasteiger partial charge in [0.25, 0.3) is 0 Å². The van der Waals surface area contributed by atoms with Gasteiger partial charge in [-0.3, -0.25) is 4.72 Å². The Labute approximate surface area is 54.4 Å². The lowest BCUT2D eigenvalue weighted by Crippen LogP contribution is -2.02. The molecule has 0 aromatic carbocycles. The summed E-state index contributed by atoms with van der Waals surface area (Å²) in [5.74, 6) is 0. The van der Waals surface area contributed by atoms with E-state index in [4.69, 9.17) is 5.26 Å². The lowest BCUT2D eigenvalue weighted by Gasteiger charge is -1.92. The van der Waals surface area contributed by atoms with E-state index < -0.39 is 0 Å². The summed E-state index contributed by atoms with van der Waals surface area (Å²) in [6.45, 7) is 3.06. The van der Waals surface area contributed by atoms with Crippen molar-refractivity contribution in [3.05, 3.63) is 0 Å². The van der Waals surface area contributed by atoms with Crippen molar-refractivity contribution in [1.29, 1.82) is 5.26 Å². The van der Waals surface area contributed by atoms with Gasteiger partial charge in [0.1, 0.15) is 5.40 Å². The average Bonchev–Trinajstić information content (AvgIpc) is 1.81. The molecule has 0 saturated heterocycles. The normalized spacial score (nSPS) is 8.50. The molecule has 0 saturated carbocycles. The molecule has 0 fully saturated rings. The second-order valence-corrected chi connectivity index (χ2v) is 2.12. The Bertz CT molecular complexity index is 77.0. The Hall–Kier alpha value is -0.200. The second-order valence-electron chi connectivity index (χ2n) is 1.44. The Kier molecular flexibility index (Phi) is 6.63. The van der Waals surface area contributed by atoms with Crippen LogP contribution >= 0.6 is 11.9 Å². The molecule has 2 nitrogen and oxygen atoms in total. The predicted octanol–water partition coefficient (Wildman–Crippen LogP) is 1.51. The molecule has 0 aliphatic carbocycles. The SMILES string of the molecule is CCCCNSC#N. The minimum atomic E-state index is 0.939. The van der Waals surface area contributed by atoms with Gasteiger partial charge in [-0.1, -0.05) is 13.3 Å². The summed E-state index contributed by atoms with van der Waals surface area (Å²) in [6.07, 6.45) is 2.33. The van der Waals surface area contributed by atoms with E-state index in [1.165, 1.54) is 6.42 Å². The van der Waals surface area contributed by atoms with Crippen LogP contribution < -0.4 is 4.72 Å². The van der Waals surface area contributed by atoms with Gasteiger partial charge in [0.15, 0.2) is 0 Å². The van der Waals surface area contributed by atoms with Gasteiger partial charge >= 0.3 is 0 Å². The van der Waals surface area contributed by atoms with Gasteiger partial charge in [0.2, 0.25) is 0 Å². The van der Waals surface area contributed by atoms with E-state index in [9.17, 15) is 0 Å². The quantitative estimate of drug-likeness (QED) is 0.356. The first-order valence-corrected chi connectivity index (χ1v) is 3.51. The average molecular weight is 130 g/mol. The van der Waals surface area contributed by atoms with Crippen LogP contribution in [-0.2, 0) is 0 Å². The fourth-order valence-electron chi connectivity index (χ4n) is 0.332. The molecule has 0 aromatic heterocycles. The minimum absolute atomic E-state index is 0.939. The number of hydrogen-bond acceptors (Lipinski definition) is 3. The zero-order valence-corrected chi connectivity index (χ0v) is 5.79. The molecule has 1 N–H and O–H groups in total. The second kappa shape index (κ2) is 6.80.